The van der Waals surface area contributed by atoms with Gasteiger partial charge in [0.05, 0.1) is 25.3 Å². The minimum absolute atomic E-state index is 0.135. The van der Waals surface area contributed by atoms with Crippen molar-refractivity contribution in [3.63, 3.8) is 0 Å². The largest absolute Gasteiger partial charge is 0.496 e. The number of hydrogen-bond acceptors (Lipinski definition) is 5. The van der Waals surface area contributed by atoms with E-state index in [0.717, 1.165) is 5.56 Å². The Balaban J connectivity index is 1.91. The van der Waals surface area contributed by atoms with Gasteiger partial charge in [0, 0.05) is 23.1 Å². The van der Waals surface area contributed by atoms with E-state index in [2.05, 4.69) is 0 Å². The Bertz CT molecular complexity index is 1420. The van der Waals surface area contributed by atoms with Crippen molar-refractivity contribution in [2.75, 3.05) is 14.2 Å². The molecule has 6 heteroatoms. The van der Waals surface area contributed by atoms with Crippen LogP contribution < -0.4 is 4.74 Å². The lowest BCUT2D eigenvalue weighted by Gasteiger charge is -2.17. The van der Waals surface area contributed by atoms with Crippen molar-refractivity contribution in [1.29, 1.82) is 0 Å². The molecule has 0 unspecified atom stereocenters. The van der Waals surface area contributed by atoms with E-state index in [4.69, 9.17) is 9.47 Å². The number of carbonyl (C=O) groups excluding carboxylic acids is 3. The van der Waals surface area contributed by atoms with Gasteiger partial charge in [-0.2, -0.15) is 0 Å². The van der Waals surface area contributed by atoms with Gasteiger partial charge in [-0.15, -0.1) is 0 Å². The van der Waals surface area contributed by atoms with Crippen molar-refractivity contribution in [2.45, 2.75) is 6.54 Å². The normalized spacial score (nSPS) is 12.4. The number of ketones is 2. The summed E-state index contributed by atoms with van der Waals surface area (Å²) < 4.78 is 12.2. The molecule has 0 bridgehead atoms. The number of hydrogen-bond donors (Lipinski definition) is 0. The van der Waals surface area contributed by atoms with Crippen LogP contribution in [0.25, 0.3) is 10.9 Å². The van der Waals surface area contributed by atoms with Crippen LogP contribution in [0.3, 0.4) is 0 Å². The van der Waals surface area contributed by atoms with Gasteiger partial charge in [0.25, 0.3) is 0 Å². The summed E-state index contributed by atoms with van der Waals surface area (Å²) in [6, 6.07) is 19.8. The SMILES string of the molecule is COC(=O)c1c(OC)ccc2c1c1c(n2Cc2ccccc2)C(=O)c2ccccc2C1=O. The molecule has 158 valence electrons. The van der Waals surface area contributed by atoms with Crippen LogP contribution in [0, 0.1) is 0 Å². The minimum Gasteiger partial charge on any atom is -0.496 e. The maximum absolute atomic E-state index is 13.6. The fourth-order valence-corrected chi connectivity index (χ4v) is 4.43. The monoisotopic (exact) mass is 425 g/mol. The molecule has 6 nitrogen and oxygen atoms in total. The first kappa shape index (κ1) is 19.8. The van der Waals surface area contributed by atoms with Crippen LogP contribution in [0.5, 0.6) is 5.75 Å². The first-order chi connectivity index (χ1) is 15.6. The van der Waals surface area contributed by atoms with Crippen LogP contribution in [0.2, 0.25) is 0 Å². The Morgan fingerprint density at radius 3 is 2.16 bits per heavy atom. The van der Waals surface area contributed by atoms with Crippen LogP contribution in [0.1, 0.15) is 47.9 Å². The van der Waals surface area contributed by atoms with Crippen molar-refractivity contribution in [1.82, 2.24) is 4.57 Å². The van der Waals surface area contributed by atoms with Gasteiger partial charge in [-0.1, -0.05) is 54.6 Å². The van der Waals surface area contributed by atoms with Gasteiger partial charge < -0.3 is 14.0 Å². The molecule has 0 saturated heterocycles. The third-order valence-electron chi connectivity index (χ3n) is 5.84. The van der Waals surface area contributed by atoms with Crippen LogP contribution in [0.15, 0.2) is 66.7 Å². The van der Waals surface area contributed by atoms with Crippen LogP contribution in [-0.2, 0) is 11.3 Å². The van der Waals surface area contributed by atoms with Crippen LogP contribution in [0.4, 0.5) is 0 Å². The maximum atomic E-state index is 13.6. The van der Waals surface area contributed by atoms with E-state index in [1.165, 1.54) is 14.2 Å². The fourth-order valence-electron chi connectivity index (χ4n) is 4.43. The van der Waals surface area contributed by atoms with E-state index in [-0.39, 0.29) is 34.1 Å². The summed E-state index contributed by atoms with van der Waals surface area (Å²) in [5, 5.41) is 0.370. The molecule has 0 amide bonds. The number of rotatable bonds is 4. The second-order valence-corrected chi connectivity index (χ2v) is 7.53. The number of ether oxygens (including phenoxy) is 2. The van der Waals surface area contributed by atoms with Crippen LogP contribution >= 0.6 is 0 Å². The second-order valence-electron chi connectivity index (χ2n) is 7.53. The number of fused-ring (bicyclic) bond motifs is 4. The molecule has 3 aromatic carbocycles. The number of nitrogens with zero attached hydrogens (tertiary/aromatic N) is 1. The third-order valence-corrected chi connectivity index (χ3v) is 5.84. The molecule has 1 heterocycles. The predicted octanol–water partition coefficient (Wildman–Crippen LogP) is 4.26. The van der Waals surface area contributed by atoms with Gasteiger partial charge in [0.2, 0.25) is 5.78 Å². The molecule has 0 spiro atoms. The molecule has 0 N–H and O–H groups in total. The highest BCUT2D eigenvalue weighted by molar-refractivity contribution is 6.33. The summed E-state index contributed by atoms with van der Waals surface area (Å²) in [7, 11) is 2.72. The van der Waals surface area contributed by atoms with E-state index < -0.39 is 5.97 Å². The molecule has 5 rings (SSSR count). The van der Waals surface area contributed by atoms with Crippen molar-refractivity contribution < 1.29 is 23.9 Å². The van der Waals surface area contributed by atoms with Gasteiger partial charge in [0.15, 0.2) is 5.78 Å². The summed E-state index contributed by atoms with van der Waals surface area (Å²) in [5.41, 5.74) is 2.84. The minimum atomic E-state index is -0.633. The number of aromatic nitrogens is 1. The highest BCUT2D eigenvalue weighted by Crippen LogP contribution is 2.40. The number of carbonyl (C=O) groups is 3. The van der Waals surface area contributed by atoms with Gasteiger partial charge in [-0.3, -0.25) is 9.59 Å². The summed E-state index contributed by atoms with van der Waals surface area (Å²) in [4.78, 5) is 40.0. The Kier molecular flexibility index (Phi) is 4.63. The molecule has 0 atom stereocenters. The highest BCUT2D eigenvalue weighted by atomic mass is 16.5. The highest BCUT2D eigenvalue weighted by Gasteiger charge is 2.38. The third kappa shape index (κ3) is 2.76. The first-order valence-corrected chi connectivity index (χ1v) is 10.1. The molecule has 0 fully saturated rings. The smallest absolute Gasteiger partial charge is 0.342 e. The summed E-state index contributed by atoms with van der Waals surface area (Å²) in [6.07, 6.45) is 0. The van der Waals surface area contributed by atoms with Crippen molar-refractivity contribution >= 4 is 28.4 Å². The molecule has 0 radical (unpaired) electrons. The average molecular weight is 425 g/mol. The van der Waals surface area contributed by atoms with Gasteiger partial charge in [-0.25, -0.2) is 4.79 Å². The lowest BCUT2D eigenvalue weighted by molar-refractivity contribution is 0.0599. The Morgan fingerprint density at radius 1 is 0.844 bits per heavy atom. The lowest BCUT2D eigenvalue weighted by atomic mass is 9.86. The number of esters is 1. The summed E-state index contributed by atoms with van der Waals surface area (Å²) in [5.74, 6) is -0.906. The Morgan fingerprint density at radius 2 is 1.50 bits per heavy atom. The Labute approximate surface area is 184 Å². The van der Waals surface area contributed by atoms with E-state index in [9.17, 15) is 14.4 Å². The quantitative estimate of drug-likeness (QED) is 0.402. The number of benzene rings is 3. The zero-order valence-electron chi connectivity index (χ0n) is 17.5. The van der Waals surface area contributed by atoms with Gasteiger partial charge in [0.1, 0.15) is 17.0 Å². The zero-order valence-corrected chi connectivity index (χ0v) is 17.5. The summed E-state index contributed by atoms with van der Waals surface area (Å²) in [6.45, 7) is 0.362. The fraction of sp³-hybridized carbons (Fsp3) is 0.115. The van der Waals surface area contributed by atoms with E-state index in [1.54, 1.807) is 36.4 Å². The molecular weight excluding hydrogens is 406 g/mol. The van der Waals surface area contributed by atoms with Gasteiger partial charge >= 0.3 is 5.97 Å². The van der Waals surface area contributed by atoms with E-state index >= 15 is 0 Å². The van der Waals surface area contributed by atoms with E-state index in [1.807, 2.05) is 34.9 Å². The molecule has 0 saturated carbocycles. The van der Waals surface area contributed by atoms with Gasteiger partial charge in [-0.05, 0) is 17.7 Å². The average Bonchev–Trinajstić information content (AvgIpc) is 3.16. The predicted molar refractivity (Wildman–Crippen MR) is 119 cm³/mol. The topological polar surface area (TPSA) is 74.6 Å². The molecule has 4 aromatic rings. The Hall–Kier alpha value is -4.19. The van der Waals surface area contributed by atoms with Crippen LogP contribution in [-0.4, -0.2) is 36.3 Å². The maximum Gasteiger partial charge on any atom is 0.342 e. The van der Waals surface area contributed by atoms with E-state index in [0.29, 0.717) is 28.6 Å². The lowest BCUT2D eigenvalue weighted by Crippen LogP contribution is -2.23. The summed E-state index contributed by atoms with van der Waals surface area (Å²) >= 11 is 0. The first-order valence-electron chi connectivity index (χ1n) is 10.1. The molecule has 1 aliphatic rings. The molecule has 32 heavy (non-hydrogen) atoms. The zero-order chi connectivity index (χ0) is 22.4. The molecular formula is C26H19NO5. The number of methoxy groups -OCH3 is 2. The molecule has 1 aromatic heterocycles. The standard InChI is InChI=1S/C26H19NO5/c1-31-19-13-12-18-20(21(19)26(30)32-2)22-23(27(18)14-15-8-4-3-5-9-15)25(29)17-11-7-6-10-16(17)24(22)28/h3-13H,14H2,1-2H3. The van der Waals surface area contributed by atoms with Crippen molar-refractivity contribution in [2.24, 2.45) is 0 Å². The second kappa shape index (κ2) is 7.50. The van der Waals surface area contributed by atoms with Crippen molar-refractivity contribution in [3.05, 3.63) is 100 Å². The molecule has 0 aliphatic heterocycles. The van der Waals surface area contributed by atoms with Crippen molar-refractivity contribution in [3.8, 4) is 5.75 Å². The molecule has 1 aliphatic carbocycles.